The molecule has 20 heavy (non-hydrogen) atoms. The van der Waals surface area contributed by atoms with E-state index in [4.69, 9.17) is 0 Å². The third-order valence-corrected chi connectivity index (χ3v) is 4.34. The maximum atomic E-state index is 13.6. The standard InChI is InChI=1S/C17H19BrFN/c1-11-7-12(2)9-14(8-11)16(20-3)10-13-5-4-6-15(19)17(13)18/h4-9,16,20H,10H2,1-3H3. The van der Waals surface area contributed by atoms with Gasteiger partial charge in [-0.05, 0) is 60.4 Å². The van der Waals surface area contributed by atoms with E-state index in [-0.39, 0.29) is 11.9 Å². The lowest BCUT2D eigenvalue weighted by Gasteiger charge is -2.19. The van der Waals surface area contributed by atoms with Crippen LogP contribution in [-0.2, 0) is 6.42 Å². The van der Waals surface area contributed by atoms with E-state index in [2.05, 4.69) is 53.3 Å². The fraction of sp³-hybridized carbons (Fsp3) is 0.294. The number of halogens is 2. The van der Waals surface area contributed by atoms with Crippen LogP contribution in [0, 0.1) is 19.7 Å². The van der Waals surface area contributed by atoms with Crippen molar-refractivity contribution in [1.29, 1.82) is 0 Å². The third kappa shape index (κ3) is 3.47. The van der Waals surface area contributed by atoms with E-state index in [1.54, 1.807) is 6.07 Å². The molecule has 2 aromatic carbocycles. The van der Waals surface area contributed by atoms with Gasteiger partial charge in [0.15, 0.2) is 0 Å². The van der Waals surface area contributed by atoms with Crippen molar-refractivity contribution in [2.45, 2.75) is 26.3 Å². The first-order valence-electron chi connectivity index (χ1n) is 6.69. The van der Waals surface area contributed by atoms with Crippen LogP contribution in [-0.4, -0.2) is 7.05 Å². The molecule has 0 heterocycles. The average molecular weight is 336 g/mol. The minimum atomic E-state index is -0.210. The van der Waals surface area contributed by atoms with Gasteiger partial charge in [-0.25, -0.2) is 4.39 Å². The number of hydrogen-bond acceptors (Lipinski definition) is 1. The zero-order chi connectivity index (χ0) is 14.7. The highest BCUT2D eigenvalue weighted by molar-refractivity contribution is 9.10. The fourth-order valence-electron chi connectivity index (χ4n) is 2.52. The Hall–Kier alpha value is -1.19. The summed E-state index contributed by atoms with van der Waals surface area (Å²) in [5.74, 6) is -0.210. The molecule has 0 fully saturated rings. The summed E-state index contributed by atoms with van der Waals surface area (Å²) in [5.41, 5.74) is 4.71. The van der Waals surface area contributed by atoms with Crippen LogP contribution in [0.4, 0.5) is 4.39 Å². The number of benzene rings is 2. The van der Waals surface area contributed by atoms with E-state index in [1.165, 1.54) is 22.8 Å². The Kier molecular flexibility index (Phi) is 4.95. The SMILES string of the molecule is CNC(Cc1cccc(F)c1Br)c1cc(C)cc(C)c1. The van der Waals surface area contributed by atoms with Gasteiger partial charge in [-0.15, -0.1) is 0 Å². The Labute approximate surface area is 128 Å². The summed E-state index contributed by atoms with van der Waals surface area (Å²) in [6, 6.07) is 11.9. The van der Waals surface area contributed by atoms with Crippen LogP contribution in [0.15, 0.2) is 40.9 Å². The molecule has 2 rings (SSSR count). The first-order valence-corrected chi connectivity index (χ1v) is 7.49. The molecule has 0 saturated carbocycles. The quantitative estimate of drug-likeness (QED) is 0.853. The molecular weight excluding hydrogens is 317 g/mol. The topological polar surface area (TPSA) is 12.0 Å². The van der Waals surface area contributed by atoms with E-state index in [0.717, 1.165) is 12.0 Å². The molecule has 2 aromatic rings. The number of hydrogen-bond donors (Lipinski definition) is 1. The minimum Gasteiger partial charge on any atom is -0.313 e. The van der Waals surface area contributed by atoms with Gasteiger partial charge in [0, 0.05) is 6.04 Å². The third-order valence-electron chi connectivity index (χ3n) is 3.45. The van der Waals surface area contributed by atoms with Crippen molar-refractivity contribution in [2.24, 2.45) is 0 Å². The van der Waals surface area contributed by atoms with Gasteiger partial charge in [0.05, 0.1) is 4.47 Å². The number of nitrogens with one attached hydrogen (secondary N) is 1. The molecule has 3 heteroatoms. The highest BCUT2D eigenvalue weighted by Gasteiger charge is 2.14. The van der Waals surface area contributed by atoms with E-state index < -0.39 is 0 Å². The number of rotatable bonds is 4. The van der Waals surface area contributed by atoms with Gasteiger partial charge in [-0.1, -0.05) is 41.5 Å². The van der Waals surface area contributed by atoms with Crippen molar-refractivity contribution in [3.05, 3.63) is 68.9 Å². The molecule has 0 aliphatic carbocycles. The molecule has 106 valence electrons. The summed E-state index contributed by atoms with van der Waals surface area (Å²) >= 11 is 3.34. The second-order valence-corrected chi connectivity index (χ2v) is 5.97. The lowest BCUT2D eigenvalue weighted by molar-refractivity contribution is 0.579. The predicted octanol–water partition coefficient (Wildman–Crippen LogP) is 4.71. The molecule has 0 spiro atoms. The summed E-state index contributed by atoms with van der Waals surface area (Å²) in [6.45, 7) is 4.20. The molecule has 1 N–H and O–H groups in total. The molecule has 0 radical (unpaired) electrons. The van der Waals surface area contributed by atoms with Crippen molar-refractivity contribution < 1.29 is 4.39 Å². The highest BCUT2D eigenvalue weighted by Crippen LogP contribution is 2.26. The van der Waals surface area contributed by atoms with Gasteiger partial charge in [0.1, 0.15) is 5.82 Å². The monoisotopic (exact) mass is 335 g/mol. The van der Waals surface area contributed by atoms with Crippen LogP contribution >= 0.6 is 15.9 Å². The molecule has 0 aliphatic rings. The van der Waals surface area contributed by atoms with Gasteiger partial charge in [0.2, 0.25) is 0 Å². The van der Waals surface area contributed by atoms with Crippen molar-refractivity contribution in [3.63, 3.8) is 0 Å². The second-order valence-electron chi connectivity index (χ2n) is 5.18. The van der Waals surface area contributed by atoms with Gasteiger partial charge in [0.25, 0.3) is 0 Å². The molecule has 1 unspecified atom stereocenters. The molecule has 0 aliphatic heterocycles. The Balaban J connectivity index is 2.31. The maximum absolute atomic E-state index is 13.6. The predicted molar refractivity (Wildman–Crippen MR) is 85.5 cm³/mol. The Morgan fingerprint density at radius 3 is 2.40 bits per heavy atom. The van der Waals surface area contributed by atoms with E-state index in [1.807, 2.05) is 13.1 Å². The Morgan fingerprint density at radius 2 is 1.80 bits per heavy atom. The summed E-state index contributed by atoms with van der Waals surface area (Å²) in [5, 5.41) is 3.32. The average Bonchev–Trinajstić information content (AvgIpc) is 2.39. The van der Waals surface area contributed by atoms with Crippen LogP contribution in [0.3, 0.4) is 0 Å². The fourth-order valence-corrected chi connectivity index (χ4v) is 2.95. The highest BCUT2D eigenvalue weighted by atomic mass is 79.9. The van der Waals surface area contributed by atoms with E-state index >= 15 is 0 Å². The van der Waals surface area contributed by atoms with E-state index in [9.17, 15) is 4.39 Å². The zero-order valence-electron chi connectivity index (χ0n) is 12.0. The lowest BCUT2D eigenvalue weighted by atomic mass is 9.96. The molecule has 0 saturated heterocycles. The number of aryl methyl sites for hydroxylation is 2. The smallest absolute Gasteiger partial charge is 0.137 e. The van der Waals surface area contributed by atoms with Gasteiger partial charge < -0.3 is 5.32 Å². The lowest BCUT2D eigenvalue weighted by Crippen LogP contribution is -2.19. The molecule has 0 aromatic heterocycles. The van der Waals surface area contributed by atoms with Gasteiger partial charge in [-0.3, -0.25) is 0 Å². The normalized spacial score (nSPS) is 12.4. The van der Waals surface area contributed by atoms with E-state index in [0.29, 0.717) is 4.47 Å². The second kappa shape index (κ2) is 6.51. The van der Waals surface area contributed by atoms with Crippen molar-refractivity contribution >= 4 is 15.9 Å². The summed E-state index contributed by atoms with van der Waals surface area (Å²) in [6.07, 6.45) is 0.748. The molecular formula is C17H19BrFN. The minimum absolute atomic E-state index is 0.173. The van der Waals surface area contributed by atoms with Crippen LogP contribution in [0.5, 0.6) is 0 Å². The summed E-state index contributed by atoms with van der Waals surface area (Å²) < 4.78 is 14.2. The molecule has 1 atom stereocenters. The van der Waals surface area contributed by atoms with Crippen LogP contribution in [0.2, 0.25) is 0 Å². The Morgan fingerprint density at radius 1 is 1.15 bits per heavy atom. The van der Waals surface area contributed by atoms with Crippen molar-refractivity contribution in [2.75, 3.05) is 7.05 Å². The Bertz CT molecular complexity index is 590. The van der Waals surface area contributed by atoms with Gasteiger partial charge >= 0.3 is 0 Å². The summed E-state index contributed by atoms with van der Waals surface area (Å²) in [7, 11) is 1.94. The summed E-state index contributed by atoms with van der Waals surface area (Å²) in [4.78, 5) is 0. The van der Waals surface area contributed by atoms with Crippen molar-refractivity contribution in [3.8, 4) is 0 Å². The van der Waals surface area contributed by atoms with Crippen LogP contribution in [0.1, 0.15) is 28.3 Å². The first-order chi connectivity index (χ1) is 9.51. The first kappa shape index (κ1) is 15.2. The van der Waals surface area contributed by atoms with Gasteiger partial charge in [-0.2, -0.15) is 0 Å². The molecule has 0 bridgehead atoms. The van der Waals surface area contributed by atoms with Crippen molar-refractivity contribution in [1.82, 2.24) is 5.32 Å². The largest absolute Gasteiger partial charge is 0.313 e. The molecule has 1 nitrogen and oxygen atoms in total. The maximum Gasteiger partial charge on any atom is 0.137 e. The van der Waals surface area contributed by atoms with Crippen LogP contribution < -0.4 is 5.32 Å². The molecule has 0 amide bonds. The number of likely N-dealkylation sites (N-methyl/N-ethyl adjacent to an activating group) is 1. The van der Waals surface area contributed by atoms with Crippen LogP contribution in [0.25, 0.3) is 0 Å². The zero-order valence-corrected chi connectivity index (χ0v) is 13.6.